The number of rotatable bonds is 1. The van der Waals surface area contributed by atoms with Crippen LogP contribution in [0.3, 0.4) is 0 Å². The summed E-state index contributed by atoms with van der Waals surface area (Å²) in [5, 5.41) is 19.2. The van der Waals surface area contributed by atoms with E-state index >= 15 is 0 Å². The van der Waals surface area contributed by atoms with Crippen LogP contribution in [0.5, 0.6) is 0 Å². The smallest absolute Gasteiger partial charge is 0.287 e. The fourth-order valence-electron chi connectivity index (χ4n) is 1.60. The Morgan fingerprint density at radius 3 is 3.13 bits per heavy atom. The van der Waals surface area contributed by atoms with Crippen LogP contribution in [-0.4, -0.2) is 21.4 Å². The lowest BCUT2D eigenvalue weighted by Gasteiger charge is -2.22. The number of fused-ring (bicyclic) bond motifs is 1. The predicted molar refractivity (Wildman–Crippen MR) is 50.6 cm³/mol. The van der Waals surface area contributed by atoms with Gasteiger partial charge in [-0.3, -0.25) is 15.1 Å². The van der Waals surface area contributed by atoms with Crippen molar-refractivity contribution in [3.05, 3.63) is 33.6 Å². The molecule has 15 heavy (non-hydrogen) atoms. The molecule has 0 atom stereocenters. The van der Waals surface area contributed by atoms with E-state index in [1.165, 1.54) is 12.3 Å². The molecule has 1 aromatic heterocycles. The largest absolute Gasteiger partial charge is 0.306 e. The predicted octanol–water partition coefficient (Wildman–Crippen LogP) is 0.829. The second-order valence-corrected chi connectivity index (χ2v) is 3.33. The molecule has 0 aliphatic carbocycles. The normalized spacial score (nSPS) is 14.2. The third kappa shape index (κ3) is 1.72. The van der Waals surface area contributed by atoms with Crippen molar-refractivity contribution in [1.29, 1.82) is 5.26 Å². The first kappa shape index (κ1) is 9.40. The van der Waals surface area contributed by atoms with E-state index in [2.05, 4.69) is 4.98 Å². The molecule has 0 saturated carbocycles. The molecule has 0 aromatic carbocycles. The number of nitriles is 1. The molecular weight excluding hydrogens is 196 g/mol. The van der Waals surface area contributed by atoms with E-state index in [-0.39, 0.29) is 5.69 Å². The summed E-state index contributed by atoms with van der Waals surface area (Å²) in [7, 11) is 0. The van der Waals surface area contributed by atoms with Gasteiger partial charge in [0.15, 0.2) is 6.19 Å². The Hall–Kier alpha value is -2.16. The Morgan fingerprint density at radius 2 is 2.47 bits per heavy atom. The summed E-state index contributed by atoms with van der Waals surface area (Å²) in [4.78, 5) is 15.6. The number of nitrogens with zero attached hydrogens (tertiary/aromatic N) is 4. The summed E-state index contributed by atoms with van der Waals surface area (Å²) in [6, 6.07) is 1.49. The molecule has 0 fully saturated rings. The monoisotopic (exact) mass is 204 g/mol. The number of pyridine rings is 1. The molecule has 1 aliphatic heterocycles. The van der Waals surface area contributed by atoms with E-state index in [0.717, 1.165) is 11.3 Å². The van der Waals surface area contributed by atoms with Gasteiger partial charge in [-0.05, 0) is 0 Å². The highest BCUT2D eigenvalue weighted by Gasteiger charge is 2.19. The topological polar surface area (TPSA) is 83.1 Å². The van der Waals surface area contributed by atoms with Crippen molar-refractivity contribution in [1.82, 2.24) is 9.88 Å². The van der Waals surface area contributed by atoms with Crippen LogP contribution >= 0.6 is 0 Å². The van der Waals surface area contributed by atoms with E-state index in [1.54, 1.807) is 4.90 Å². The third-order valence-electron chi connectivity index (χ3n) is 2.38. The zero-order valence-electron chi connectivity index (χ0n) is 7.88. The lowest BCUT2D eigenvalue weighted by molar-refractivity contribution is -0.385. The van der Waals surface area contributed by atoms with Gasteiger partial charge in [0.05, 0.1) is 11.5 Å². The van der Waals surface area contributed by atoms with Gasteiger partial charge in [-0.1, -0.05) is 0 Å². The molecule has 0 radical (unpaired) electrons. The first-order valence-corrected chi connectivity index (χ1v) is 4.47. The van der Waals surface area contributed by atoms with Crippen molar-refractivity contribution < 1.29 is 4.92 Å². The minimum absolute atomic E-state index is 0.0199. The molecule has 1 aliphatic rings. The molecule has 2 heterocycles. The van der Waals surface area contributed by atoms with Crippen LogP contribution in [0.15, 0.2) is 12.3 Å². The van der Waals surface area contributed by atoms with Gasteiger partial charge in [-0.25, -0.2) is 0 Å². The number of nitro groups is 1. The Kier molecular flexibility index (Phi) is 2.21. The molecule has 6 nitrogen and oxygen atoms in total. The van der Waals surface area contributed by atoms with Gasteiger partial charge in [0.25, 0.3) is 5.69 Å². The maximum absolute atomic E-state index is 10.5. The summed E-state index contributed by atoms with van der Waals surface area (Å²) in [6.07, 6.45) is 3.96. The average molecular weight is 204 g/mol. The number of aromatic nitrogens is 1. The molecule has 0 saturated heterocycles. The quantitative estimate of drug-likeness (QED) is 0.384. The summed E-state index contributed by atoms with van der Waals surface area (Å²) >= 11 is 0. The Balaban J connectivity index is 2.35. The molecule has 0 bridgehead atoms. The van der Waals surface area contributed by atoms with Crippen LogP contribution in [0.4, 0.5) is 5.69 Å². The number of hydrogen-bond acceptors (Lipinski definition) is 5. The van der Waals surface area contributed by atoms with E-state index in [4.69, 9.17) is 5.26 Å². The van der Waals surface area contributed by atoms with Crippen LogP contribution in [0.1, 0.15) is 11.3 Å². The minimum atomic E-state index is -0.474. The molecule has 76 valence electrons. The molecule has 1 aromatic rings. The molecule has 2 rings (SSSR count). The van der Waals surface area contributed by atoms with Crippen molar-refractivity contribution in [3.63, 3.8) is 0 Å². The lowest BCUT2D eigenvalue weighted by atomic mass is 10.1. The van der Waals surface area contributed by atoms with Crippen molar-refractivity contribution >= 4 is 5.69 Å². The summed E-state index contributed by atoms with van der Waals surface area (Å²) in [6.45, 7) is 1.05. The van der Waals surface area contributed by atoms with E-state index in [0.29, 0.717) is 19.5 Å². The van der Waals surface area contributed by atoms with Crippen LogP contribution in [0.2, 0.25) is 0 Å². The van der Waals surface area contributed by atoms with Gasteiger partial charge in [0.1, 0.15) is 6.20 Å². The van der Waals surface area contributed by atoms with Gasteiger partial charge in [-0.2, -0.15) is 5.26 Å². The first-order chi connectivity index (χ1) is 7.20. The highest BCUT2D eigenvalue weighted by molar-refractivity contribution is 5.35. The SMILES string of the molecule is N#CN1CCc2ncc([N+](=O)[O-])cc2C1. The second kappa shape index (κ2) is 3.53. The summed E-state index contributed by atoms with van der Waals surface area (Å²) in [5.41, 5.74) is 1.61. The van der Waals surface area contributed by atoms with Crippen LogP contribution in [0.25, 0.3) is 0 Å². The molecule has 0 N–H and O–H groups in total. The Labute approximate surface area is 85.9 Å². The van der Waals surface area contributed by atoms with Crippen molar-refractivity contribution in [2.24, 2.45) is 0 Å². The van der Waals surface area contributed by atoms with E-state index in [9.17, 15) is 10.1 Å². The van der Waals surface area contributed by atoms with Gasteiger partial charge >= 0.3 is 0 Å². The molecule has 0 unspecified atom stereocenters. The molecular formula is C9H8N4O2. The van der Waals surface area contributed by atoms with Crippen LogP contribution < -0.4 is 0 Å². The van der Waals surface area contributed by atoms with Gasteiger partial charge < -0.3 is 4.90 Å². The molecule has 0 spiro atoms. The highest BCUT2D eigenvalue weighted by Crippen LogP contribution is 2.20. The van der Waals surface area contributed by atoms with Crippen molar-refractivity contribution in [2.75, 3.05) is 6.54 Å². The fraction of sp³-hybridized carbons (Fsp3) is 0.333. The maximum atomic E-state index is 10.5. The van der Waals surface area contributed by atoms with Crippen molar-refractivity contribution in [3.8, 4) is 6.19 Å². The van der Waals surface area contributed by atoms with Gasteiger partial charge in [0, 0.05) is 30.3 Å². The second-order valence-electron chi connectivity index (χ2n) is 3.33. The average Bonchev–Trinajstić information content (AvgIpc) is 2.27. The third-order valence-corrected chi connectivity index (χ3v) is 2.38. The lowest BCUT2D eigenvalue weighted by Crippen LogP contribution is -2.26. The van der Waals surface area contributed by atoms with Gasteiger partial charge in [-0.15, -0.1) is 0 Å². The zero-order chi connectivity index (χ0) is 10.8. The van der Waals surface area contributed by atoms with Crippen LogP contribution in [0, 0.1) is 21.6 Å². The summed E-state index contributed by atoms with van der Waals surface area (Å²) < 4.78 is 0. The maximum Gasteiger partial charge on any atom is 0.287 e. The minimum Gasteiger partial charge on any atom is -0.306 e. The van der Waals surface area contributed by atoms with Crippen molar-refractivity contribution in [2.45, 2.75) is 13.0 Å². The fourth-order valence-corrected chi connectivity index (χ4v) is 1.60. The number of hydrogen-bond donors (Lipinski definition) is 0. The standard InChI is InChI=1S/C9H8N4O2/c10-6-12-2-1-9-7(5-12)3-8(4-11-9)13(14)15/h3-4H,1-2,5H2. The molecule has 6 heteroatoms. The summed E-state index contributed by atoms with van der Waals surface area (Å²) in [5.74, 6) is 0. The van der Waals surface area contributed by atoms with Gasteiger partial charge in [0.2, 0.25) is 0 Å². The van der Waals surface area contributed by atoms with E-state index in [1.807, 2.05) is 6.19 Å². The van der Waals surface area contributed by atoms with E-state index < -0.39 is 4.92 Å². The first-order valence-electron chi connectivity index (χ1n) is 4.47. The van der Waals surface area contributed by atoms with Crippen LogP contribution in [-0.2, 0) is 13.0 Å². The zero-order valence-corrected chi connectivity index (χ0v) is 7.88. The molecule has 0 amide bonds. The Morgan fingerprint density at radius 1 is 1.67 bits per heavy atom. The Bertz CT molecular complexity index is 452. The highest BCUT2D eigenvalue weighted by atomic mass is 16.6.